The maximum Gasteiger partial charge on any atom is 0.522 e. The van der Waals surface area contributed by atoms with Crippen molar-refractivity contribution in [2.45, 2.75) is 19.3 Å². The van der Waals surface area contributed by atoms with Gasteiger partial charge in [0.05, 0.1) is 18.3 Å². The summed E-state index contributed by atoms with van der Waals surface area (Å²) < 4.78 is 6.81. The first kappa shape index (κ1) is 14.2. The third-order valence-corrected chi connectivity index (χ3v) is 3.55. The summed E-state index contributed by atoms with van der Waals surface area (Å²) >= 11 is 0. The molecule has 1 aromatic heterocycles. The van der Waals surface area contributed by atoms with Crippen molar-refractivity contribution in [2.75, 3.05) is 0 Å². The molecule has 0 bridgehead atoms. The Labute approximate surface area is 126 Å². The quantitative estimate of drug-likeness (QED) is 0.815. The van der Waals surface area contributed by atoms with Crippen LogP contribution in [0.3, 0.4) is 0 Å². The van der Waals surface area contributed by atoms with Crippen molar-refractivity contribution in [3.8, 4) is 11.8 Å². The second-order valence-corrected chi connectivity index (χ2v) is 5.04. The molecule has 22 heavy (non-hydrogen) atoms. The zero-order valence-corrected chi connectivity index (χ0v) is 11.6. The number of aromatic carboxylic acids is 1. The summed E-state index contributed by atoms with van der Waals surface area (Å²) in [6, 6.07) is 5.49. The average Bonchev–Trinajstić information content (AvgIpc) is 2.94. The molecular weight excluding hydrogens is 285 g/mol. The second kappa shape index (κ2) is 5.54. The highest BCUT2D eigenvalue weighted by atomic mass is 16.5. The maximum absolute atomic E-state index is 11.6. The fraction of sp³-hybridized carbons (Fsp3) is 0.214. The van der Waals surface area contributed by atoms with Crippen molar-refractivity contribution in [2.24, 2.45) is 0 Å². The zero-order chi connectivity index (χ0) is 15.7. The molecule has 8 heteroatoms. The molecule has 1 aliphatic rings. The Morgan fingerprint density at radius 1 is 1.55 bits per heavy atom. The van der Waals surface area contributed by atoms with Gasteiger partial charge in [0.25, 0.3) is 0 Å². The topological polar surface area (TPSA) is 108 Å². The number of aromatic nitrogens is 2. The van der Waals surface area contributed by atoms with Crippen LogP contribution in [-0.4, -0.2) is 33.0 Å². The molecule has 1 aliphatic heterocycles. The van der Waals surface area contributed by atoms with Crippen LogP contribution in [0.4, 0.5) is 0 Å². The Morgan fingerprint density at radius 3 is 3.05 bits per heavy atom. The minimum absolute atomic E-state index is 0.0326. The van der Waals surface area contributed by atoms with Gasteiger partial charge in [-0.05, 0) is 23.9 Å². The number of hydrogen-bond donors (Lipinski definition) is 2. The minimum Gasteiger partial charge on any atom is -0.535 e. The van der Waals surface area contributed by atoms with Crippen LogP contribution >= 0.6 is 0 Å². The van der Waals surface area contributed by atoms with Crippen LogP contribution in [0.25, 0.3) is 0 Å². The lowest BCUT2D eigenvalue weighted by Gasteiger charge is -2.23. The van der Waals surface area contributed by atoms with E-state index < -0.39 is 13.1 Å². The van der Waals surface area contributed by atoms with Gasteiger partial charge in [-0.3, -0.25) is 4.68 Å². The predicted molar refractivity (Wildman–Crippen MR) is 76.6 cm³/mol. The van der Waals surface area contributed by atoms with E-state index >= 15 is 0 Å². The van der Waals surface area contributed by atoms with Crippen LogP contribution in [0.5, 0.6) is 5.75 Å². The monoisotopic (exact) mass is 297 g/mol. The smallest absolute Gasteiger partial charge is 0.522 e. The summed E-state index contributed by atoms with van der Waals surface area (Å²) in [5.74, 6) is -0.898. The van der Waals surface area contributed by atoms with Crippen LogP contribution in [0.2, 0.25) is 6.32 Å². The van der Waals surface area contributed by atoms with Crippen molar-refractivity contribution in [1.29, 1.82) is 5.26 Å². The molecular formula is C14H12BN3O4. The summed E-state index contributed by atoms with van der Waals surface area (Å²) in [5, 5.41) is 31.9. The van der Waals surface area contributed by atoms with E-state index in [0.717, 1.165) is 5.56 Å². The van der Waals surface area contributed by atoms with Crippen LogP contribution in [0, 0.1) is 11.3 Å². The highest BCUT2D eigenvalue weighted by molar-refractivity contribution is 6.44. The van der Waals surface area contributed by atoms with Gasteiger partial charge in [-0.15, -0.1) is 0 Å². The molecule has 2 aromatic rings. The van der Waals surface area contributed by atoms with Gasteiger partial charge >= 0.3 is 13.1 Å². The normalized spacial score (nSPS) is 13.2. The summed E-state index contributed by atoms with van der Waals surface area (Å²) in [6.45, 7) is 0.204. The predicted octanol–water partition coefficient (Wildman–Crippen LogP) is 0.917. The minimum atomic E-state index is -1.12. The van der Waals surface area contributed by atoms with Gasteiger partial charge in [0.2, 0.25) is 0 Å². The van der Waals surface area contributed by atoms with Crippen molar-refractivity contribution in [1.82, 2.24) is 9.78 Å². The number of carbonyl (C=O) groups is 1. The van der Waals surface area contributed by atoms with Crippen LogP contribution in [0.15, 0.2) is 24.5 Å². The molecule has 0 radical (unpaired) electrons. The van der Waals surface area contributed by atoms with E-state index in [9.17, 15) is 14.9 Å². The van der Waals surface area contributed by atoms with Crippen molar-refractivity contribution in [3.05, 3.63) is 46.8 Å². The van der Waals surface area contributed by atoms with Crippen LogP contribution < -0.4 is 4.65 Å². The van der Waals surface area contributed by atoms with E-state index in [1.54, 1.807) is 18.3 Å². The number of rotatable bonds is 3. The fourth-order valence-corrected chi connectivity index (χ4v) is 2.52. The number of hydrogen-bond acceptors (Lipinski definition) is 5. The Hall–Kier alpha value is -2.79. The molecule has 0 aliphatic carbocycles. The van der Waals surface area contributed by atoms with Crippen molar-refractivity contribution in [3.63, 3.8) is 0 Å². The van der Waals surface area contributed by atoms with E-state index in [2.05, 4.69) is 5.10 Å². The highest BCUT2D eigenvalue weighted by Gasteiger charge is 2.29. The third kappa shape index (κ3) is 2.54. The molecule has 3 rings (SSSR count). The Kier molecular flexibility index (Phi) is 3.57. The number of carboxylic acids is 1. The highest BCUT2D eigenvalue weighted by Crippen LogP contribution is 2.33. The van der Waals surface area contributed by atoms with E-state index in [-0.39, 0.29) is 17.9 Å². The third-order valence-electron chi connectivity index (χ3n) is 3.55. The van der Waals surface area contributed by atoms with Gasteiger partial charge < -0.3 is 14.8 Å². The summed E-state index contributed by atoms with van der Waals surface area (Å²) in [5.41, 5.74) is 1.71. The molecule has 2 heterocycles. The van der Waals surface area contributed by atoms with Gasteiger partial charge in [0, 0.05) is 6.20 Å². The number of fused-ring (bicyclic) bond motifs is 1. The standard InChI is InChI=1S/C14H12BN3O4/c16-5-9-6-17-18(7-9)8-11-2-1-10-3-4-15(21)22-13(10)12(11)14(19)20/h1-2,6-7,21H,3-4,8H2,(H,19,20). The molecule has 0 saturated carbocycles. The van der Waals surface area contributed by atoms with Gasteiger partial charge in [-0.25, -0.2) is 4.79 Å². The number of nitriles is 1. The molecule has 0 unspecified atom stereocenters. The summed E-state index contributed by atoms with van der Waals surface area (Å²) in [7, 11) is -0.990. The Morgan fingerprint density at radius 2 is 2.36 bits per heavy atom. The molecule has 0 amide bonds. The lowest BCUT2D eigenvalue weighted by molar-refractivity contribution is 0.0693. The molecule has 1 aromatic carbocycles. The van der Waals surface area contributed by atoms with Gasteiger partial charge in [0.15, 0.2) is 0 Å². The first-order valence-electron chi connectivity index (χ1n) is 6.74. The van der Waals surface area contributed by atoms with E-state index in [4.69, 9.17) is 9.92 Å². The number of carboxylic acid groups (broad SMARTS) is 1. The number of benzene rings is 1. The molecule has 0 fully saturated rings. The number of aryl methyl sites for hydroxylation is 1. The molecule has 0 spiro atoms. The van der Waals surface area contributed by atoms with Crippen molar-refractivity contribution < 1.29 is 19.6 Å². The fourth-order valence-electron chi connectivity index (χ4n) is 2.52. The summed E-state index contributed by atoms with van der Waals surface area (Å²) in [4.78, 5) is 11.6. The van der Waals surface area contributed by atoms with E-state index in [1.165, 1.54) is 10.9 Å². The van der Waals surface area contributed by atoms with Gasteiger partial charge in [-0.1, -0.05) is 12.1 Å². The summed E-state index contributed by atoms with van der Waals surface area (Å²) in [6.07, 6.45) is 3.97. The van der Waals surface area contributed by atoms with Crippen molar-refractivity contribution >= 4 is 13.1 Å². The lowest BCUT2D eigenvalue weighted by atomic mass is 9.78. The average molecular weight is 297 g/mol. The molecule has 7 nitrogen and oxygen atoms in total. The molecule has 0 saturated heterocycles. The molecule has 2 N–H and O–H groups in total. The van der Waals surface area contributed by atoms with Crippen LogP contribution in [0.1, 0.15) is 27.0 Å². The first-order chi connectivity index (χ1) is 10.6. The van der Waals surface area contributed by atoms with Gasteiger partial charge in [-0.2, -0.15) is 10.4 Å². The maximum atomic E-state index is 11.6. The lowest BCUT2D eigenvalue weighted by Crippen LogP contribution is -2.28. The Balaban J connectivity index is 2.02. The number of nitrogens with zero attached hydrogens (tertiary/aromatic N) is 3. The SMILES string of the molecule is N#Cc1cnn(Cc2ccc3c(c2C(=O)O)OB(O)CC3)c1. The van der Waals surface area contributed by atoms with E-state index in [1.807, 2.05) is 6.07 Å². The zero-order valence-electron chi connectivity index (χ0n) is 11.6. The molecule has 0 atom stereocenters. The second-order valence-electron chi connectivity index (χ2n) is 5.04. The van der Waals surface area contributed by atoms with E-state index in [0.29, 0.717) is 23.9 Å². The Bertz CT molecular complexity index is 781. The largest absolute Gasteiger partial charge is 0.535 e. The van der Waals surface area contributed by atoms with Crippen LogP contribution in [-0.2, 0) is 13.0 Å². The molecule has 110 valence electrons. The van der Waals surface area contributed by atoms with Gasteiger partial charge in [0.1, 0.15) is 17.4 Å². The first-order valence-corrected chi connectivity index (χ1v) is 6.74.